The van der Waals surface area contributed by atoms with Crippen LogP contribution in [0.25, 0.3) is 0 Å². The zero-order valence-electron chi connectivity index (χ0n) is 13.9. The summed E-state index contributed by atoms with van der Waals surface area (Å²) in [5, 5.41) is 1.57. The minimum Gasteiger partial charge on any atom is -0.344 e. The van der Waals surface area contributed by atoms with Crippen LogP contribution >= 0.6 is 11.6 Å². The summed E-state index contributed by atoms with van der Waals surface area (Å²) in [4.78, 5) is 25.0. The maximum atomic E-state index is 12.8. The predicted octanol–water partition coefficient (Wildman–Crippen LogP) is 1.98. The molecule has 0 saturated heterocycles. The number of nitrogens with one attached hydrogen (secondary N) is 3. The Kier molecular flexibility index (Phi) is 6.65. The van der Waals surface area contributed by atoms with Crippen LogP contribution in [0.4, 0.5) is 13.2 Å². The predicted molar refractivity (Wildman–Crippen MR) is 93.2 cm³/mol. The molecule has 0 heterocycles. The third-order valence-electron chi connectivity index (χ3n) is 3.35. The smallest absolute Gasteiger partial charge is 0.344 e. The number of hydrogen-bond acceptors (Lipinski definition) is 4. The van der Waals surface area contributed by atoms with Crippen molar-refractivity contribution in [1.82, 2.24) is 15.6 Å². The molecule has 2 amide bonds. The Morgan fingerprint density at radius 1 is 1.00 bits per heavy atom. The molecule has 0 saturated carbocycles. The highest BCUT2D eigenvalue weighted by molar-refractivity contribution is 7.89. The summed E-state index contributed by atoms with van der Waals surface area (Å²) in [6.45, 7) is -0.405. The lowest BCUT2D eigenvalue weighted by atomic mass is 10.1. The van der Waals surface area contributed by atoms with Gasteiger partial charge in [0.05, 0.1) is 15.5 Å². The lowest BCUT2D eigenvalue weighted by Crippen LogP contribution is -2.48. The van der Waals surface area contributed by atoms with E-state index in [4.69, 9.17) is 11.6 Å². The number of halogens is 4. The number of hydrazine groups is 1. The van der Waals surface area contributed by atoms with Crippen LogP contribution in [-0.2, 0) is 32.3 Å². The highest BCUT2D eigenvalue weighted by Crippen LogP contribution is 2.35. The monoisotopic (exact) mass is 435 g/mol. The largest absolute Gasteiger partial charge is 0.417 e. The molecule has 0 radical (unpaired) electrons. The standard InChI is InChI=1S/C16H13ClF3N3O4S/c17-13-7-6-10(8-12(13)16(18,19)20)9-21-14(24)15(25)22-23-28(26,27)11-4-2-1-3-5-11/h1-8,23H,9H2,(H,21,24)(H,22,25). The van der Waals surface area contributed by atoms with E-state index in [0.29, 0.717) is 0 Å². The van der Waals surface area contributed by atoms with Gasteiger partial charge < -0.3 is 5.32 Å². The highest BCUT2D eigenvalue weighted by Gasteiger charge is 2.33. The van der Waals surface area contributed by atoms with Crippen LogP contribution in [0.2, 0.25) is 5.02 Å². The number of alkyl halides is 3. The fourth-order valence-corrected chi connectivity index (χ4v) is 3.08. The second kappa shape index (κ2) is 8.59. The molecule has 0 spiro atoms. The molecule has 0 fully saturated rings. The van der Waals surface area contributed by atoms with Gasteiger partial charge >= 0.3 is 18.0 Å². The summed E-state index contributed by atoms with van der Waals surface area (Å²) in [6, 6.07) is 10.0. The van der Waals surface area contributed by atoms with Crippen molar-refractivity contribution >= 4 is 33.4 Å². The van der Waals surface area contributed by atoms with Crippen molar-refractivity contribution in [2.45, 2.75) is 17.6 Å². The summed E-state index contributed by atoms with van der Waals surface area (Å²) >= 11 is 5.49. The van der Waals surface area contributed by atoms with Crippen molar-refractivity contribution in [1.29, 1.82) is 0 Å². The Morgan fingerprint density at radius 3 is 2.25 bits per heavy atom. The summed E-state index contributed by atoms with van der Waals surface area (Å²) in [5.74, 6) is -2.59. The molecule has 0 atom stereocenters. The number of carbonyl (C=O) groups is 2. The summed E-state index contributed by atoms with van der Waals surface area (Å²) < 4.78 is 62.3. The van der Waals surface area contributed by atoms with Gasteiger partial charge in [-0.25, -0.2) is 8.42 Å². The van der Waals surface area contributed by atoms with Crippen LogP contribution in [0.5, 0.6) is 0 Å². The topological polar surface area (TPSA) is 104 Å². The first-order valence-corrected chi connectivity index (χ1v) is 9.37. The van der Waals surface area contributed by atoms with Gasteiger partial charge in [-0.2, -0.15) is 13.2 Å². The maximum absolute atomic E-state index is 12.8. The Morgan fingerprint density at radius 2 is 1.64 bits per heavy atom. The van der Waals surface area contributed by atoms with Gasteiger partial charge in [0.25, 0.3) is 10.0 Å². The van der Waals surface area contributed by atoms with Gasteiger partial charge in [-0.3, -0.25) is 15.0 Å². The molecule has 2 aromatic carbocycles. The number of rotatable bonds is 5. The Balaban J connectivity index is 1.94. The van der Waals surface area contributed by atoms with Gasteiger partial charge in [0.15, 0.2) is 0 Å². The first-order valence-electron chi connectivity index (χ1n) is 7.51. The lowest BCUT2D eigenvalue weighted by molar-refractivity contribution is -0.139. The fraction of sp³-hybridized carbons (Fsp3) is 0.125. The third kappa shape index (κ3) is 5.68. The Bertz CT molecular complexity index is 982. The summed E-state index contributed by atoms with van der Waals surface area (Å²) in [5.41, 5.74) is 0.674. The minimum absolute atomic E-state index is 0.0442. The zero-order chi connectivity index (χ0) is 20.9. The molecule has 28 heavy (non-hydrogen) atoms. The molecule has 7 nitrogen and oxygen atoms in total. The average molecular weight is 436 g/mol. The quantitative estimate of drug-likeness (QED) is 0.493. The van der Waals surface area contributed by atoms with Crippen LogP contribution in [0.1, 0.15) is 11.1 Å². The van der Waals surface area contributed by atoms with E-state index in [9.17, 15) is 31.2 Å². The van der Waals surface area contributed by atoms with Crippen molar-refractivity contribution in [2.24, 2.45) is 0 Å². The lowest BCUT2D eigenvalue weighted by Gasteiger charge is -2.12. The van der Waals surface area contributed by atoms with E-state index in [2.05, 4.69) is 5.32 Å². The average Bonchev–Trinajstić information content (AvgIpc) is 2.65. The van der Waals surface area contributed by atoms with E-state index in [-0.39, 0.29) is 10.5 Å². The molecule has 0 aliphatic carbocycles. The molecular formula is C16H13ClF3N3O4S. The molecule has 3 N–H and O–H groups in total. The molecule has 2 aromatic rings. The van der Waals surface area contributed by atoms with E-state index < -0.39 is 45.1 Å². The van der Waals surface area contributed by atoms with Crippen molar-refractivity contribution in [3.8, 4) is 0 Å². The van der Waals surface area contributed by atoms with E-state index in [1.807, 2.05) is 0 Å². The van der Waals surface area contributed by atoms with E-state index >= 15 is 0 Å². The second-order valence-corrected chi connectivity index (χ2v) is 7.46. The number of carbonyl (C=O) groups excluding carboxylic acids is 2. The molecule has 0 aromatic heterocycles. The normalized spacial score (nSPS) is 11.7. The van der Waals surface area contributed by atoms with Crippen LogP contribution in [0.3, 0.4) is 0 Å². The van der Waals surface area contributed by atoms with E-state index in [1.54, 1.807) is 16.3 Å². The first-order chi connectivity index (χ1) is 13.0. The minimum atomic E-state index is -4.68. The molecule has 150 valence electrons. The van der Waals surface area contributed by atoms with Crippen LogP contribution in [0, 0.1) is 0 Å². The van der Waals surface area contributed by atoms with Gasteiger partial charge in [-0.05, 0) is 29.8 Å². The second-order valence-electron chi connectivity index (χ2n) is 5.37. The van der Waals surface area contributed by atoms with Gasteiger partial charge in [-0.1, -0.05) is 35.9 Å². The number of amides is 2. The van der Waals surface area contributed by atoms with Crippen LogP contribution in [0.15, 0.2) is 53.4 Å². The van der Waals surface area contributed by atoms with Gasteiger partial charge in [0.1, 0.15) is 0 Å². The molecule has 0 bridgehead atoms. The van der Waals surface area contributed by atoms with Gasteiger partial charge in [-0.15, -0.1) is 4.83 Å². The van der Waals surface area contributed by atoms with Crippen LogP contribution < -0.4 is 15.6 Å². The Hall–Kier alpha value is -2.63. The highest BCUT2D eigenvalue weighted by atomic mass is 35.5. The number of sulfonamides is 1. The van der Waals surface area contributed by atoms with Crippen molar-refractivity contribution < 1.29 is 31.2 Å². The van der Waals surface area contributed by atoms with Crippen LogP contribution in [-0.4, -0.2) is 20.2 Å². The molecule has 12 heteroatoms. The Labute approximate surface area is 162 Å². The summed E-state index contributed by atoms with van der Waals surface area (Å²) in [6.07, 6.45) is -4.68. The van der Waals surface area contributed by atoms with Crippen molar-refractivity contribution in [2.75, 3.05) is 0 Å². The third-order valence-corrected chi connectivity index (χ3v) is 4.94. The molecule has 2 rings (SSSR count). The number of benzene rings is 2. The molecular weight excluding hydrogens is 423 g/mol. The SMILES string of the molecule is O=C(NCc1ccc(Cl)c(C(F)(F)F)c1)C(=O)NNS(=O)(=O)c1ccccc1. The van der Waals surface area contributed by atoms with E-state index in [0.717, 1.165) is 12.1 Å². The molecule has 0 aliphatic rings. The van der Waals surface area contributed by atoms with Gasteiger partial charge in [0.2, 0.25) is 0 Å². The van der Waals surface area contributed by atoms with Gasteiger partial charge in [0, 0.05) is 6.54 Å². The maximum Gasteiger partial charge on any atom is 0.417 e. The van der Waals surface area contributed by atoms with E-state index in [1.165, 1.54) is 30.3 Å². The first kappa shape index (κ1) is 21.7. The molecule has 0 aliphatic heterocycles. The fourth-order valence-electron chi connectivity index (χ4n) is 1.99. The zero-order valence-corrected chi connectivity index (χ0v) is 15.5. The van der Waals surface area contributed by atoms with Crippen molar-refractivity contribution in [3.63, 3.8) is 0 Å². The summed E-state index contributed by atoms with van der Waals surface area (Å²) in [7, 11) is -4.08. The van der Waals surface area contributed by atoms with Crippen molar-refractivity contribution in [3.05, 3.63) is 64.7 Å². The number of hydrogen-bond donors (Lipinski definition) is 3. The molecule has 0 unspecified atom stereocenters.